The van der Waals surface area contributed by atoms with E-state index in [-0.39, 0.29) is 6.61 Å². The Labute approximate surface area is 65.4 Å². The number of rotatable bonds is 2. The van der Waals surface area contributed by atoms with E-state index in [0.717, 1.165) is 13.0 Å². The molecule has 2 N–H and O–H groups in total. The molecule has 4 heteroatoms. The zero-order valence-corrected chi connectivity index (χ0v) is 6.58. The van der Waals surface area contributed by atoms with E-state index in [1.54, 1.807) is 11.9 Å². The zero-order valence-electron chi connectivity index (χ0n) is 6.58. The van der Waals surface area contributed by atoms with Crippen LogP contribution in [0.3, 0.4) is 0 Å². The second-order valence-electron chi connectivity index (χ2n) is 3.02. The average Bonchev–Trinajstić information content (AvgIpc) is 2.32. The fourth-order valence-electron chi connectivity index (χ4n) is 1.55. The number of aliphatic carboxylic acids is 1. The van der Waals surface area contributed by atoms with Crippen LogP contribution in [0, 0.1) is 0 Å². The topological polar surface area (TPSA) is 60.8 Å². The molecular weight excluding hydrogens is 146 g/mol. The summed E-state index contributed by atoms with van der Waals surface area (Å²) < 4.78 is 0. The van der Waals surface area contributed by atoms with Gasteiger partial charge in [0, 0.05) is 0 Å². The van der Waals surface area contributed by atoms with Gasteiger partial charge in [-0.2, -0.15) is 0 Å². The van der Waals surface area contributed by atoms with Crippen LogP contribution in [0.25, 0.3) is 0 Å². The van der Waals surface area contributed by atoms with Gasteiger partial charge in [0.1, 0.15) is 5.54 Å². The maximum absolute atomic E-state index is 10.8. The molecule has 0 radical (unpaired) electrons. The van der Waals surface area contributed by atoms with Crippen molar-refractivity contribution in [2.75, 3.05) is 20.2 Å². The van der Waals surface area contributed by atoms with Crippen LogP contribution >= 0.6 is 0 Å². The van der Waals surface area contributed by atoms with Gasteiger partial charge in [-0.1, -0.05) is 0 Å². The Hall–Kier alpha value is -0.610. The molecule has 64 valence electrons. The van der Waals surface area contributed by atoms with Crippen LogP contribution in [0.4, 0.5) is 0 Å². The molecule has 1 heterocycles. The molecule has 0 aliphatic carbocycles. The third-order valence-corrected chi connectivity index (χ3v) is 2.47. The van der Waals surface area contributed by atoms with E-state index in [0.29, 0.717) is 6.42 Å². The Morgan fingerprint density at radius 3 is 2.55 bits per heavy atom. The van der Waals surface area contributed by atoms with Gasteiger partial charge in [0.15, 0.2) is 0 Å². The number of aliphatic hydroxyl groups is 1. The molecule has 1 atom stereocenters. The molecule has 1 aliphatic heterocycles. The molecule has 0 aromatic rings. The number of likely N-dealkylation sites (tertiary alicyclic amines) is 1. The van der Waals surface area contributed by atoms with E-state index in [4.69, 9.17) is 10.2 Å². The van der Waals surface area contributed by atoms with Crippen molar-refractivity contribution in [2.24, 2.45) is 0 Å². The first-order chi connectivity index (χ1) is 5.13. The van der Waals surface area contributed by atoms with Gasteiger partial charge < -0.3 is 10.2 Å². The standard InChI is InChI=1S/C7H13NO3/c1-8-4-2-3-7(8,5-9)6(10)11/h9H,2-5H2,1H3,(H,10,11)/t7-/m1/s1. The Morgan fingerprint density at radius 1 is 1.73 bits per heavy atom. The lowest BCUT2D eigenvalue weighted by atomic mass is 9.98. The van der Waals surface area contributed by atoms with Gasteiger partial charge in [0.2, 0.25) is 0 Å². The first kappa shape index (κ1) is 8.49. The second kappa shape index (κ2) is 2.79. The summed E-state index contributed by atoms with van der Waals surface area (Å²) in [7, 11) is 1.73. The Bertz CT molecular complexity index is 171. The molecule has 0 aromatic carbocycles. The molecule has 0 spiro atoms. The summed E-state index contributed by atoms with van der Waals surface area (Å²) in [4.78, 5) is 12.5. The van der Waals surface area contributed by atoms with E-state index in [2.05, 4.69) is 0 Å². The average molecular weight is 159 g/mol. The Morgan fingerprint density at radius 2 is 2.36 bits per heavy atom. The summed E-state index contributed by atoms with van der Waals surface area (Å²) in [5.41, 5.74) is -1.00. The molecule has 11 heavy (non-hydrogen) atoms. The SMILES string of the molecule is CN1CCC[C@@]1(CO)C(=O)O. The largest absolute Gasteiger partial charge is 0.480 e. The van der Waals surface area contributed by atoms with Crippen LogP contribution in [0.5, 0.6) is 0 Å². The number of carbonyl (C=O) groups is 1. The molecule has 0 aromatic heterocycles. The molecule has 0 saturated carbocycles. The van der Waals surface area contributed by atoms with Crippen molar-refractivity contribution in [1.29, 1.82) is 0 Å². The normalized spacial score (nSPS) is 32.5. The molecule has 0 bridgehead atoms. The molecule has 1 fully saturated rings. The molecule has 1 saturated heterocycles. The van der Waals surface area contributed by atoms with Crippen molar-refractivity contribution in [3.05, 3.63) is 0 Å². The lowest BCUT2D eigenvalue weighted by Crippen LogP contribution is -2.51. The fraction of sp³-hybridized carbons (Fsp3) is 0.857. The maximum Gasteiger partial charge on any atom is 0.326 e. The summed E-state index contributed by atoms with van der Waals surface area (Å²) in [5.74, 6) is -0.917. The highest BCUT2D eigenvalue weighted by atomic mass is 16.4. The predicted molar refractivity (Wildman–Crippen MR) is 39.3 cm³/mol. The van der Waals surface area contributed by atoms with Gasteiger partial charge in [0.25, 0.3) is 0 Å². The summed E-state index contributed by atoms with van der Waals surface area (Å²) in [6.45, 7) is 0.464. The molecular formula is C7H13NO3. The van der Waals surface area contributed by atoms with E-state index in [1.165, 1.54) is 0 Å². The van der Waals surface area contributed by atoms with Crippen molar-refractivity contribution in [2.45, 2.75) is 18.4 Å². The quantitative estimate of drug-likeness (QED) is 0.571. The van der Waals surface area contributed by atoms with Crippen LogP contribution in [0.1, 0.15) is 12.8 Å². The van der Waals surface area contributed by atoms with Crippen LogP contribution in [-0.4, -0.2) is 46.8 Å². The second-order valence-corrected chi connectivity index (χ2v) is 3.02. The molecule has 1 rings (SSSR count). The molecule has 0 amide bonds. The van der Waals surface area contributed by atoms with E-state index >= 15 is 0 Å². The zero-order chi connectivity index (χ0) is 8.48. The Kier molecular flexibility index (Phi) is 2.15. The number of carboxylic acids is 1. The summed E-state index contributed by atoms with van der Waals surface area (Å²) in [6, 6.07) is 0. The third-order valence-electron chi connectivity index (χ3n) is 2.47. The van der Waals surface area contributed by atoms with Crippen molar-refractivity contribution in [3.63, 3.8) is 0 Å². The smallest absolute Gasteiger partial charge is 0.326 e. The summed E-state index contributed by atoms with van der Waals surface area (Å²) in [5, 5.41) is 17.8. The van der Waals surface area contributed by atoms with Crippen LogP contribution in [-0.2, 0) is 4.79 Å². The van der Waals surface area contributed by atoms with E-state index in [1.807, 2.05) is 0 Å². The maximum atomic E-state index is 10.8. The van der Waals surface area contributed by atoms with Crippen molar-refractivity contribution in [1.82, 2.24) is 4.90 Å². The third kappa shape index (κ3) is 1.12. The van der Waals surface area contributed by atoms with Gasteiger partial charge in [-0.3, -0.25) is 9.69 Å². The van der Waals surface area contributed by atoms with Gasteiger partial charge in [-0.25, -0.2) is 0 Å². The van der Waals surface area contributed by atoms with Crippen LogP contribution < -0.4 is 0 Å². The number of likely N-dealkylation sites (N-methyl/N-ethyl adjacent to an activating group) is 1. The predicted octanol–water partition coefficient (Wildman–Crippen LogP) is -0.472. The van der Waals surface area contributed by atoms with Gasteiger partial charge in [-0.05, 0) is 26.4 Å². The van der Waals surface area contributed by atoms with Crippen LogP contribution in [0.15, 0.2) is 0 Å². The fourth-order valence-corrected chi connectivity index (χ4v) is 1.55. The number of carboxylic acid groups (broad SMARTS) is 1. The van der Waals surface area contributed by atoms with Crippen molar-refractivity contribution >= 4 is 5.97 Å². The highest BCUT2D eigenvalue weighted by Crippen LogP contribution is 2.27. The first-order valence-electron chi connectivity index (χ1n) is 3.69. The number of hydrogen-bond acceptors (Lipinski definition) is 3. The minimum atomic E-state index is -1.00. The molecule has 4 nitrogen and oxygen atoms in total. The minimum absolute atomic E-state index is 0.293. The lowest BCUT2D eigenvalue weighted by Gasteiger charge is -2.29. The summed E-state index contributed by atoms with van der Waals surface area (Å²) >= 11 is 0. The minimum Gasteiger partial charge on any atom is -0.480 e. The van der Waals surface area contributed by atoms with Gasteiger partial charge in [-0.15, -0.1) is 0 Å². The lowest BCUT2D eigenvalue weighted by molar-refractivity contribution is -0.151. The van der Waals surface area contributed by atoms with Crippen molar-refractivity contribution in [3.8, 4) is 0 Å². The molecule has 0 unspecified atom stereocenters. The molecule has 1 aliphatic rings. The van der Waals surface area contributed by atoms with E-state index < -0.39 is 11.5 Å². The number of hydrogen-bond donors (Lipinski definition) is 2. The summed E-state index contributed by atoms with van der Waals surface area (Å²) in [6.07, 6.45) is 1.40. The highest BCUT2D eigenvalue weighted by molar-refractivity contribution is 5.79. The number of nitrogens with zero attached hydrogens (tertiary/aromatic N) is 1. The number of aliphatic hydroxyl groups excluding tert-OH is 1. The monoisotopic (exact) mass is 159 g/mol. The first-order valence-corrected chi connectivity index (χ1v) is 3.69. The van der Waals surface area contributed by atoms with Gasteiger partial charge in [0.05, 0.1) is 6.61 Å². The van der Waals surface area contributed by atoms with Gasteiger partial charge >= 0.3 is 5.97 Å². The van der Waals surface area contributed by atoms with Crippen molar-refractivity contribution < 1.29 is 15.0 Å². The highest BCUT2D eigenvalue weighted by Gasteiger charge is 2.45. The Balaban J connectivity index is 2.82. The van der Waals surface area contributed by atoms with Crippen LogP contribution in [0.2, 0.25) is 0 Å². The van der Waals surface area contributed by atoms with E-state index in [9.17, 15) is 4.79 Å².